The van der Waals surface area contributed by atoms with Gasteiger partial charge in [0.1, 0.15) is 5.82 Å². The fourth-order valence-corrected chi connectivity index (χ4v) is 1.52. The van der Waals surface area contributed by atoms with Crippen LogP contribution in [0.3, 0.4) is 0 Å². The molecule has 3 N–H and O–H groups in total. The van der Waals surface area contributed by atoms with Crippen LogP contribution in [-0.2, 0) is 11.3 Å². The van der Waals surface area contributed by atoms with Gasteiger partial charge in [-0.3, -0.25) is 4.79 Å². The number of benzene rings is 1. The van der Waals surface area contributed by atoms with E-state index in [1.54, 1.807) is 12.1 Å². The van der Waals surface area contributed by atoms with Crippen LogP contribution >= 0.6 is 0 Å². The summed E-state index contributed by atoms with van der Waals surface area (Å²) in [5.74, 6) is -0.558. The molecule has 0 saturated heterocycles. The van der Waals surface area contributed by atoms with E-state index in [1.165, 1.54) is 12.1 Å². The van der Waals surface area contributed by atoms with Crippen molar-refractivity contribution in [1.82, 2.24) is 16.0 Å². The van der Waals surface area contributed by atoms with Gasteiger partial charge in [0.05, 0.1) is 6.54 Å². The Kier molecular flexibility index (Phi) is 6.14. The predicted octanol–water partition coefficient (Wildman–Crippen LogP) is 1.93. The molecule has 0 bridgehead atoms. The summed E-state index contributed by atoms with van der Waals surface area (Å²) >= 11 is 0. The van der Waals surface area contributed by atoms with E-state index in [0.717, 1.165) is 12.0 Å². The van der Waals surface area contributed by atoms with Crippen molar-refractivity contribution in [3.8, 4) is 0 Å². The maximum Gasteiger partial charge on any atom is 0.315 e. The summed E-state index contributed by atoms with van der Waals surface area (Å²) in [6.45, 7) is 6.00. The number of carbonyl (C=O) groups excluding carboxylic acids is 2. The maximum atomic E-state index is 12.7. The predicted molar refractivity (Wildman–Crippen MR) is 79.2 cm³/mol. The number of rotatable bonds is 6. The Labute approximate surface area is 124 Å². The summed E-state index contributed by atoms with van der Waals surface area (Å²) in [7, 11) is 0. The molecule has 116 valence electrons. The minimum atomic E-state index is -0.441. The van der Waals surface area contributed by atoms with Crippen LogP contribution in [0.15, 0.2) is 24.3 Å². The van der Waals surface area contributed by atoms with E-state index in [-0.39, 0.29) is 30.4 Å². The molecule has 0 aliphatic heterocycles. The van der Waals surface area contributed by atoms with E-state index in [2.05, 4.69) is 16.0 Å². The molecule has 6 heteroatoms. The molecule has 0 spiro atoms. The maximum absolute atomic E-state index is 12.7. The second kappa shape index (κ2) is 7.61. The normalized spacial score (nSPS) is 10.9. The number of nitrogens with one attached hydrogen (secondary N) is 3. The molecule has 0 atom stereocenters. The molecule has 0 aromatic heterocycles. The Hall–Kier alpha value is -2.11. The second-order valence-electron chi connectivity index (χ2n) is 5.45. The van der Waals surface area contributed by atoms with Gasteiger partial charge >= 0.3 is 6.03 Å². The summed E-state index contributed by atoms with van der Waals surface area (Å²) in [4.78, 5) is 23.2. The number of hydrogen-bond acceptors (Lipinski definition) is 2. The Morgan fingerprint density at radius 3 is 2.33 bits per heavy atom. The number of urea groups is 1. The van der Waals surface area contributed by atoms with E-state index in [0.29, 0.717) is 0 Å². The highest BCUT2D eigenvalue weighted by Crippen LogP contribution is 2.05. The number of halogens is 1. The van der Waals surface area contributed by atoms with Crippen molar-refractivity contribution < 1.29 is 14.0 Å². The van der Waals surface area contributed by atoms with Crippen molar-refractivity contribution in [1.29, 1.82) is 0 Å². The highest BCUT2D eigenvalue weighted by Gasteiger charge is 2.17. The SMILES string of the molecule is CCC(C)(C)NC(=O)CNC(=O)NCc1ccc(F)cc1. The van der Waals surface area contributed by atoms with Crippen molar-refractivity contribution >= 4 is 11.9 Å². The molecular weight excluding hydrogens is 273 g/mol. The monoisotopic (exact) mass is 295 g/mol. The highest BCUT2D eigenvalue weighted by atomic mass is 19.1. The number of amides is 3. The third-order valence-electron chi connectivity index (χ3n) is 3.14. The van der Waals surface area contributed by atoms with Crippen molar-refractivity contribution in [3.63, 3.8) is 0 Å². The molecule has 21 heavy (non-hydrogen) atoms. The highest BCUT2D eigenvalue weighted by molar-refractivity contribution is 5.84. The summed E-state index contributed by atoms with van der Waals surface area (Å²) in [6, 6.07) is 5.39. The standard InChI is InChI=1S/C15H22FN3O2/c1-4-15(2,3)19-13(20)10-18-14(21)17-9-11-5-7-12(16)8-6-11/h5-8H,4,9-10H2,1-3H3,(H,19,20)(H2,17,18,21). The first-order valence-electron chi connectivity index (χ1n) is 6.89. The quantitative estimate of drug-likeness (QED) is 0.750. The summed E-state index contributed by atoms with van der Waals surface area (Å²) in [5.41, 5.74) is 0.492. The van der Waals surface area contributed by atoms with Crippen LogP contribution in [0.5, 0.6) is 0 Å². The van der Waals surface area contributed by atoms with Gasteiger partial charge in [0, 0.05) is 12.1 Å². The van der Waals surface area contributed by atoms with Gasteiger partial charge in [-0.1, -0.05) is 19.1 Å². The lowest BCUT2D eigenvalue weighted by Gasteiger charge is -2.24. The zero-order valence-electron chi connectivity index (χ0n) is 12.6. The molecule has 1 rings (SSSR count). The fraction of sp³-hybridized carbons (Fsp3) is 0.467. The molecule has 0 aliphatic rings. The molecule has 0 heterocycles. The molecule has 5 nitrogen and oxygen atoms in total. The van der Waals surface area contributed by atoms with Gasteiger partial charge in [-0.05, 0) is 38.0 Å². The third-order valence-corrected chi connectivity index (χ3v) is 3.14. The van der Waals surface area contributed by atoms with Gasteiger partial charge < -0.3 is 16.0 Å². The van der Waals surface area contributed by atoms with Crippen LogP contribution in [0.4, 0.5) is 9.18 Å². The van der Waals surface area contributed by atoms with Crippen LogP contribution in [0.2, 0.25) is 0 Å². The van der Waals surface area contributed by atoms with Gasteiger partial charge in [-0.2, -0.15) is 0 Å². The van der Waals surface area contributed by atoms with E-state index < -0.39 is 6.03 Å². The zero-order valence-corrected chi connectivity index (χ0v) is 12.6. The number of carbonyl (C=O) groups is 2. The lowest BCUT2D eigenvalue weighted by Crippen LogP contribution is -2.48. The second-order valence-corrected chi connectivity index (χ2v) is 5.45. The minimum absolute atomic E-state index is 0.0846. The van der Waals surface area contributed by atoms with Crippen LogP contribution in [0.25, 0.3) is 0 Å². The van der Waals surface area contributed by atoms with Gasteiger partial charge in [0.2, 0.25) is 5.91 Å². The van der Waals surface area contributed by atoms with Gasteiger partial charge in [0.25, 0.3) is 0 Å². The Morgan fingerprint density at radius 2 is 1.76 bits per heavy atom. The lowest BCUT2D eigenvalue weighted by atomic mass is 10.0. The molecule has 0 radical (unpaired) electrons. The average Bonchev–Trinajstić information content (AvgIpc) is 2.44. The Bertz CT molecular complexity index is 486. The van der Waals surface area contributed by atoms with E-state index in [9.17, 15) is 14.0 Å². The molecule has 0 fully saturated rings. The van der Waals surface area contributed by atoms with Crippen molar-refractivity contribution in [2.75, 3.05) is 6.54 Å². The zero-order chi connectivity index (χ0) is 15.9. The first kappa shape index (κ1) is 16.9. The molecule has 0 saturated carbocycles. The van der Waals surface area contributed by atoms with Crippen molar-refractivity contribution in [2.45, 2.75) is 39.3 Å². The summed E-state index contributed by atoms with van der Waals surface area (Å²) < 4.78 is 12.7. The van der Waals surface area contributed by atoms with Crippen LogP contribution in [0, 0.1) is 5.82 Å². The lowest BCUT2D eigenvalue weighted by molar-refractivity contribution is -0.121. The van der Waals surface area contributed by atoms with Crippen LogP contribution in [-0.4, -0.2) is 24.0 Å². The smallest absolute Gasteiger partial charge is 0.315 e. The third kappa shape index (κ3) is 6.74. The van der Waals surface area contributed by atoms with E-state index >= 15 is 0 Å². The van der Waals surface area contributed by atoms with Gasteiger partial charge in [-0.25, -0.2) is 9.18 Å². The summed E-state index contributed by atoms with van der Waals surface area (Å²) in [6.07, 6.45) is 0.801. The average molecular weight is 295 g/mol. The molecule has 1 aromatic carbocycles. The molecule has 0 unspecified atom stereocenters. The van der Waals surface area contributed by atoms with Crippen molar-refractivity contribution in [3.05, 3.63) is 35.6 Å². The Balaban J connectivity index is 2.28. The van der Waals surface area contributed by atoms with Gasteiger partial charge in [-0.15, -0.1) is 0 Å². The Morgan fingerprint density at radius 1 is 1.14 bits per heavy atom. The van der Waals surface area contributed by atoms with Crippen molar-refractivity contribution in [2.24, 2.45) is 0 Å². The minimum Gasteiger partial charge on any atom is -0.350 e. The first-order valence-corrected chi connectivity index (χ1v) is 6.89. The molecular formula is C15H22FN3O2. The number of hydrogen-bond donors (Lipinski definition) is 3. The topological polar surface area (TPSA) is 70.2 Å². The molecule has 1 aromatic rings. The molecule has 0 aliphatic carbocycles. The summed E-state index contributed by atoms with van der Waals surface area (Å²) in [5, 5.41) is 7.89. The van der Waals surface area contributed by atoms with Crippen LogP contribution < -0.4 is 16.0 Å². The first-order chi connectivity index (χ1) is 9.82. The van der Waals surface area contributed by atoms with Crippen LogP contribution in [0.1, 0.15) is 32.8 Å². The fourth-order valence-electron chi connectivity index (χ4n) is 1.52. The van der Waals surface area contributed by atoms with Gasteiger partial charge in [0.15, 0.2) is 0 Å². The van der Waals surface area contributed by atoms with E-state index in [4.69, 9.17) is 0 Å². The largest absolute Gasteiger partial charge is 0.350 e. The molecule has 3 amide bonds. The van der Waals surface area contributed by atoms with E-state index in [1.807, 2.05) is 20.8 Å².